The third kappa shape index (κ3) is 5.53. The van der Waals surface area contributed by atoms with Crippen molar-refractivity contribution in [2.75, 3.05) is 11.4 Å². The number of halogens is 4. The van der Waals surface area contributed by atoms with Gasteiger partial charge in [0.25, 0.3) is 0 Å². The highest BCUT2D eigenvalue weighted by Crippen LogP contribution is 2.43. The molecule has 4 aromatic rings. The molecule has 0 saturated heterocycles. The van der Waals surface area contributed by atoms with E-state index in [1.165, 1.54) is 31.2 Å². The summed E-state index contributed by atoms with van der Waals surface area (Å²) in [6, 6.07) is 12.6. The predicted octanol–water partition coefficient (Wildman–Crippen LogP) is 4.87. The van der Waals surface area contributed by atoms with Gasteiger partial charge in [-0.15, -0.1) is 0 Å². The molecule has 8 nitrogen and oxygen atoms in total. The molecule has 3 aromatic carbocycles. The van der Waals surface area contributed by atoms with Crippen LogP contribution in [0.4, 0.5) is 23.2 Å². The molecule has 0 fully saturated rings. The summed E-state index contributed by atoms with van der Waals surface area (Å²) in [5, 5.41) is 13.7. The van der Waals surface area contributed by atoms with E-state index in [2.05, 4.69) is 15.3 Å². The Balaban J connectivity index is 1.76. The second-order valence-electron chi connectivity index (χ2n) is 10.2. The molecule has 0 aliphatic carbocycles. The zero-order chi connectivity index (χ0) is 31.1. The van der Waals surface area contributed by atoms with Crippen molar-refractivity contribution in [3.05, 3.63) is 118 Å². The fraction of sp³-hybridized carbons (Fsp3) is 0.226. The fourth-order valence-electron chi connectivity index (χ4n) is 5.35. The van der Waals surface area contributed by atoms with Gasteiger partial charge < -0.3 is 14.7 Å². The quantitative estimate of drug-likeness (QED) is 0.294. The van der Waals surface area contributed by atoms with E-state index in [9.17, 15) is 32.3 Å². The number of carboxylic acids is 1. The molecule has 0 radical (unpaired) electrons. The second-order valence-corrected chi connectivity index (χ2v) is 10.2. The molecule has 2 N–H and O–H groups in total. The van der Waals surface area contributed by atoms with Gasteiger partial charge in [0.15, 0.2) is 0 Å². The third-order valence-corrected chi connectivity index (χ3v) is 7.28. The average molecular weight is 595 g/mol. The third-order valence-electron chi connectivity index (χ3n) is 7.28. The highest BCUT2D eigenvalue weighted by atomic mass is 19.1. The van der Waals surface area contributed by atoms with Gasteiger partial charge in [-0.3, -0.25) is 10.1 Å². The van der Waals surface area contributed by atoms with Crippen molar-refractivity contribution in [1.29, 1.82) is 0 Å². The van der Waals surface area contributed by atoms with Crippen molar-refractivity contribution in [1.82, 2.24) is 15.3 Å². The van der Waals surface area contributed by atoms with E-state index in [4.69, 9.17) is 4.74 Å². The van der Waals surface area contributed by atoms with Gasteiger partial charge in [0, 0.05) is 40.3 Å². The average Bonchev–Trinajstić information content (AvgIpc) is 3.05. The SMILES string of the molecule is Cc1cc(C)nc(OC(C(=O)O)C2(c3ccc(F)c(C)c3)NCC(=O)N(Cc3c(F)cc(F)cc3F)c3ccccc32)n1. The molecule has 0 bridgehead atoms. The minimum absolute atomic E-state index is 0.0961. The van der Waals surface area contributed by atoms with Crippen LogP contribution in [0.25, 0.3) is 0 Å². The number of fused-ring (bicyclic) bond motifs is 1. The molecule has 5 rings (SSSR count). The maximum atomic E-state index is 14.7. The van der Waals surface area contributed by atoms with Crippen LogP contribution in [0.3, 0.4) is 0 Å². The Morgan fingerprint density at radius 3 is 2.26 bits per heavy atom. The molecule has 1 aliphatic rings. The molecule has 12 heteroatoms. The van der Waals surface area contributed by atoms with Crippen LogP contribution in [0.5, 0.6) is 6.01 Å². The van der Waals surface area contributed by atoms with Crippen molar-refractivity contribution >= 4 is 17.6 Å². The van der Waals surface area contributed by atoms with Crippen molar-refractivity contribution < 1.29 is 37.0 Å². The molecule has 1 aliphatic heterocycles. The van der Waals surface area contributed by atoms with Gasteiger partial charge in [0.2, 0.25) is 12.0 Å². The van der Waals surface area contributed by atoms with Crippen LogP contribution in [0.15, 0.2) is 60.7 Å². The van der Waals surface area contributed by atoms with Gasteiger partial charge in [-0.25, -0.2) is 32.3 Å². The minimum Gasteiger partial charge on any atom is -0.478 e. The van der Waals surface area contributed by atoms with Gasteiger partial charge in [-0.05, 0) is 50.1 Å². The molecule has 0 saturated carbocycles. The Morgan fingerprint density at radius 1 is 0.977 bits per heavy atom. The number of nitrogens with one attached hydrogen (secondary N) is 1. The molecule has 1 amide bonds. The summed E-state index contributed by atoms with van der Waals surface area (Å²) in [6.07, 6.45) is -1.84. The topological polar surface area (TPSA) is 105 Å². The molecule has 1 aromatic heterocycles. The smallest absolute Gasteiger partial charge is 0.347 e. The van der Waals surface area contributed by atoms with E-state index in [0.717, 1.165) is 11.0 Å². The molecular formula is C31H26F4N4O4. The van der Waals surface area contributed by atoms with Gasteiger partial charge in [-0.1, -0.05) is 30.3 Å². The number of hydrogen-bond acceptors (Lipinski definition) is 6. The zero-order valence-corrected chi connectivity index (χ0v) is 23.3. The maximum Gasteiger partial charge on any atom is 0.347 e. The molecule has 2 atom stereocenters. The summed E-state index contributed by atoms with van der Waals surface area (Å²) in [5.74, 6) is -6.21. The number of amides is 1. The van der Waals surface area contributed by atoms with Crippen molar-refractivity contribution in [3.63, 3.8) is 0 Å². The number of aromatic nitrogens is 2. The number of para-hydroxylation sites is 1. The molecule has 2 heterocycles. The van der Waals surface area contributed by atoms with Crippen LogP contribution in [-0.2, 0) is 21.7 Å². The monoisotopic (exact) mass is 594 g/mol. The van der Waals surface area contributed by atoms with Crippen molar-refractivity contribution in [2.24, 2.45) is 0 Å². The Morgan fingerprint density at radius 2 is 1.63 bits per heavy atom. The number of aliphatic carboxylic acids is 1. The summed E-state index contributed by atoms with van der Waals surface area (Å²) in [5.41, 5.74) is -0.744. The number of benzene rings is 3. The van der Waals surface area contributed by atoms with Gasteiger partial charge >= 0.3 is 12.0 Å². The van der Waals surface area contributed by atoms with Gasteiger partial charge in [-0.2, -0.15) is 0 Å². The number of nitrogens with zero attached hydrogens (tertiary/aromatic N) is 3. The normalized spacial score (nSPS) is 17.3. The first-order chi connectivity index (χ1) is 20.4. The Kier molecular flexibility index (Phi) is 7.89. The molecule has 2 unspecified atom stereocenters. The van der Waals surface area contributed by atoms with Crippen LogP contribution in [0.1, 0.15) is 33.6 Å². The maximum absolute atomic E-state index is 14.7. The lowest BCUT2D eigenvalue weighted by atomic mass is 9.76. The first-order valence-corrected chi connectivity index (χ1v) is 13.2. The Labute approximate surface area is 244 Å². The van der Waals surface area contributed by atoms with Crippen LogP contribution < -0.4 is 15.0 Å². The fourth-order valence-corrected chi connectivity index (χ4v) is 5.35. The summed E-state index contributed by atoms with van der Waals surface area (Å²) >= 11 is 0. The zero-order valence-electron chi connectivity index (χ0n) is 23.3. The number of carbonyl (C=O) groups excluding carboxylic acids is 1. The Hall–Kier alpha value is -4.84. The summed E-state index contributed by atoms with van der Waals surface area (Å²) in [6.45, 7) is 3.69. The van der Waals surface area contributed by atoms with E-state index >= 15 is 0 Å². The lowest BCUT2D eigenvalue weighted by molar-refractivity contribution is -0.149. The van der Waals surface area contributed by atoms with Gasteiger partial charge in [0.1, 0.15) is 28.8 Å². The minimum atomic E-state index is -1.88. The van der Waals surface area contributed by atoms with E-state index < -0.39 is 65.4 Å². The summed E-state index contributed by atoms with van der Waals surface area (Å²) in [7, 11) is 0. The predicted molar refractivity (Wildman–Crippen MR) is 147 cm³/mol. The van der Waals surface area contributed by atoms with Crippen LogP contribution in [0.2, 0.25) is 0 Å². The number of aryl methyl sites for hydroxylation is 3. The van der Waals surface area contributed by atoms with E-state index in [1.54, 1.807) is 32.0 Å². The van der Waals surface area contributed by atoms with E-state index in [1.807, 2.05) is 0 Å². The Bertz CT molecular complexity index is 1710. The molecule has 222 valence electrons. The lowest BCUT2D eigenvalue weighted by Crippen LogP contribution is -2.58. The first kappa shape index (κ1) is 29.6. The number of carboxylic acid groups (broad SMARTS) is 1. The van der Waals surface area contributed by atoms with Crippen LogP contribution in [0, 0.1) is 44.0 Å². The standard InChI is InChI=1S/C31H26F4N4O4/c1-16-10-19(8-9-23(16)33)31(28(29(41)42)43-30-37-17(2)11-18(3)38-30)22-6-4-5-7-26(22)39(27(40)14-36-31)15-21-24(34)12-20(32)13-25(21)35/h4-13,28,36H,14-15H2,1-3H3,(H,41,42). The molecule has 0 spiro atoms. The van der Waals surface area contributed by atoms with Crippen molar-refractivity contribution in [3.8, 4) is 6.01 Å². The number of rotatable bonds is 7. The largest absolute Gasteiger partial charge is 0.478 e. The van der Waals surface area contributed by atoms with Crippen LogP contribution >= 0.6 is 0 Å². The van der Waals surface area contributed by atoms with Gasteiger partial charge in [0.05, 0.1) is 13.1 Å². The number of ether oxygens (including phenoxy) is 1. The lowest BCUT2D eigenvalue weighted by Gasteiger charge is -2.39. The van der Waals surface area contributed by atoms with Crippen molar-refractivity contribution in [2.45, 2.75) is 39.0 Å². The van der Waals surface area contributed by atoms with E-state index in [0.29, 0.717) is 23.5 Å². The highest BCUT2D eigenvalue weighted by Gasteiger charge is 2.52. The number of anilines is 1. The number of carbonyl (C=O) groups is 2. The first-order valence-electron chi connectivity index (χ1n) is 13.2. The van der Waals surface area contributed by atoms with Crippen LogP contribution in [-0.4, -0.2) is 39.6 Å². The highest BCUT2D eigenvalue weighted by molar-refractivity contribution is 5.97. The molecule has 43 heavy (non-hydrogen) atoms. The number of hydrogen-bond donors (Lipinski definition) is 2. The summed E-state index contributed by atoms with van der Waals surface area (Å²) in [4.78, 5) is 36.2. The summed E-state index contributed by atoms with van der Waals surface area (Å²) < 4.78 is 63.6. The second kappa shape index (κ2) is 11.4. The van der Waals surface area contributed by atoms with E-state index in [-0.39, 0.29) is 28.4 Å². The molecular weight excluding hydrogens is 568 g/mol.